The molecule has 1 aromatic carbocycles. The Bertz CT molecular complexity index is 872. The Hall–Kier alpha value is -2.03. The van der Waals surface area contributed by atoms with E-state index in [0.29, 0.717) is 11.0 Å². The molecular weight excluding hydrogens is 399 g/mol. The maximum absolute atomic E-state index is 12.4. The topological polar surface area (TPSA) is 92.3 Å². The van der Waals surface area contributed by atoms with Crippen molar-refractivity contribution in [1.29, 1.82) is 0 Å². The van der Waals surface area contributed by atoms with Crippen LogP contribution in [0.25, 0.3) is 0 Å². The van der Waals surface area contributed by atoms with Gasteiger partial charge in [-0.1, -0.05) is 48.4 Å². The number of nitrogens with zero attached hydrogens (tertiary/aromatic N) is 3. The van der Waals surface area contributed by atoms with Gasteiger partial charge in [0.25, 0.3) is 11.8 Å². The van der Waals surface area contributed by atoms with Crippen molar-refractivity contribution in [3.05, 3.63) is 38.3 Å². The summed E-state index contributed by atoms with van der Waals surface area (Å²) in [6, 6.07) is 2.67. The summed E-state index contributed by atoms with van der Waals surface area (Å²) in [5, 5.41) is 11.9. The number of hydrogen-bond acceptors (Lipinski definition) is 6. The molecule has 1 aromatic heterocycles. The van der Waals surface area contributed by atoms with Crippen LogP contribution in [-0.4, -0.2) is 39.4 Å². The van der Waals surface area contributed by atoms with Gasteiger partial charge in [0.15, 0.2) is 0 Å². The van der Waals surface area contributed by atoms with Crippen LogP contribution in [0.2, 0.25) is 10.0 Å². The zero-order valence-electron chi connectivity index (χ0n) is 13.9. The van der Waals surface area contributed by atoms with E-state index in [1.54, 1.807) is 0 Å². The molecule has 3 rings (SSSR count). The molecule has 2 heterocycles. The fourth-order valence-electron chi connectivity index (χ4n) is 2.47. The number of anilines is 1. The summed E-state index contributed by atoms with van der Waals surface area (Å²) in [6.45, 7) is 3.68. The predicted octanol–water partition coefficient (Wildman–Crippen LogP) is 3.28. The summed E-state index contributed by atoms with van der Waals surface area (Å²) in [6.07, 6.45) is 0.757. The first kappa shape index (κ1) is 18.8. The number of imide groups is 1. The van der Waals surface area contributed by atoms with Gasteiger partial charge in [0.1, 0.15) is 11.6 Å². The lowest BCUT2D eigenvalue weighted by atomic mass is 10.1. The minimum atomic E-state index is -0.587. The summed E-state index contributed by atoms with van der Waals surface area (Å²) in [5.74, 6) is -1.29. The molecule has 136 valence electrons. The van der Waals surface area contributed by atoms with Gasteiger partial charge in [-0.3, -0.25) is 24.6 Å². The van der Waals surface area contributed by atoms with Crippen LogP contribution < -0.4 is 5.32 Å². The van der Waals surface area contributed by atoms with Crippen molar-refractivity contribution in [1.82, 2.24) is 15.1 Å². The second-order valence-corrected chi connectivity index (χ2v) is 8.03. The molecule has 0 saturated carbocycles. The lowest BCUT2D eigenvalue weighted by molar-refractivity contribution is -0.116. The van der Waals surface area contributed by atoms with Gasteiger partial charge in [-0.2, -0.15) is 0 Å². The highest BCUT2D eigenvalue weighted by molar-refractivity contribution is 7.15. The van der Waals surface area contributed by atoms with E-state index in [1.165, 1.54) is 23.5 Å². The van der Waals surface area contributed by atoms with E-state index in [0.717, 1.165) is 16.3 Å². The smallest absolute Gasteiger partial charge is 0.262 e. The van der Waals surface area contributed by atoms with Crippen molar-refractivity contribution in [2.24, 2.45) is 5.92 Å². The first-order chi connectivity index (χ1) is 12.3. The van der Waals surface area contributed by atoms with Crippen LogP contribution in [0.1, 0.15) is 39.6 Å². The highest BCUT2D eigenvalue weighted by atomic mass is 35.5. The van der Waals surface area contributed by atoms with Gasteiger partial charge in [-0.25, -0.2) is 0 Å². The number of benzene rings is 1. The van der Waals surface area contributed by atoms with Crippen LogP contribution in [0.4, 0.5) is 5.13 Å². The van der Waals surface area contributed by atoms with Crippen molar-refractivity contribution < 1.29 is 14.4 Å². The quantitative estimate of drug-likeness (QED) is 0.760. The van der Waals surface area contributed by atoms with E-state index >= 15 is 0 Å². The van der Waals surface area contributed by atoms with Gasteiger partial charge in [0, 0.05) is 6.42 Å². The van der Waals surface area contributed by atoms with Crippen molar-refractivity contribution in [3.63, 3.8) is 0 Å². The third-order valence-electron chi connectivity index (χ3n) is 3.61. The average molecular weight is 413 g/mol. The standard InChI is InChI=1S/C16H14Cl2N4O3S/c1-7(2)3-13-20-21-16(26-13)19-12(23)6-22-14(24)8-4-10(17)11(18)5-9(8)15(22)25/h4-5,7H,3,6H2,1-2H3,(H,19,21,23). The number of nitrogens with one attached hydrogen (secondary N) is 1. The minimum absolute atomic E-state index is 0.132. The summed E-state index contributed by atoms with van der Waals surface area (Å²) in [7, 11) is 0. The van der Waals surface area contributed by atoms with Crippen molar-refractivity contribution in [2.75, 3.05) is 11.9 Å². The molecule has 2 aromatic rings. The first-order valence-electron chi connectivity index (χ1n) is 7.73. The van der Waals surface area contributed by atoms with Crippen LogP contribution in [0.15, 0.2) is 12.1 Å². The second-order valence-electron chi connectivity index (χ2n) is 6.16. The third-order valence-corrected chi connectivity index (χ3v) is 5.19. The maximum Gasteiger partial charge on any atom is 0.262 e. The Labute approximate surface area is 163 Å². The number of amides is 3. The van der Waals surface area contributed by atoms with Crippen LogP contribution in [0, 0.1) is 5.92 Å². The fourth-order valence-corrected chi connectivity index (χ4v) is 3.76. The monoisotopic (exact) mass is 412 g/mol. The summed E-state index contributed by atoms with van der Waals surface area (Å²) >= 11 is 13.1. The number of carbonyl (C=O) groups is 3. The number of fused-ring (bicyclic) bond motifs is 1. The van der Waals surface area contributed by atoms with Crippen molar-refractivity contribution >= 4 is 57.4 Å². The van der Waals surface area contributed by atoms with E-state index in [4.69, 9.17) is 23.2 Å². The van der Waals surface area contributed by atoms with Crippen molar-refractivity contribution in [2.45, 2.75) is 20.3 Å². The normalized spacial score (nSPS) is 13.5. The van der Waals surface area contributed by atoms with Crippen LogP contribution in [0.5, 0.6) is 0 Å². The molecule has 0 fully saturated rings. The van der Waals surface area contributed by atoms with E-state index < -0.39 is 24.3 Å². The first-order valence-corrected chi connectivity index (χ1v) is 9.31. The van der Waals surface area contributed by atoms with Gasteiger partial charge < -0.3 is 0 Å². The highest BCUT2D eigenvalue weighted by Gasteiger charge is 2.37. The number of carbonyl (C=O) groups excluding carboxylic acids is 3. The van der Waals surface area contributed by atoms with Gasteiger partial charge >= 0.3 is 0 Å². The molecule has 3 amide bonds. The summed E-state index contributed by atoms with van der Waals surface area (Å²) in [4.78, 5) is 37.8. The minimum Gasteiger partial charge on any atom is -0.299 e. The van der Waals surface area contributed by atoms with Gasteiger partial charge in [-0.05, 0) is 18.1 Å². The molecule has 0 spiro atoms. The van der Waals surface area contributed by atoms with E-state index in [9.17, 15) is 14.4 Å². The second kappa shape index (κ2) is 7.30. The number of halogens is 2. The Kier molecular flexibility index (Phi) is 5.27. The number of rotatable bonds is 5. The molecule has 1 aliphatic heterocycles. The number of aromatic nitrogens is 2. The molecule has 26 heavy (non-hydrogen) atoms. The Morgan fingerprint density at radius 1 is 1.15 bits per heavy atom. The largest absolute Gasteiger partial charge is 0.299 e. The van der Waals surface area contributed by atoms with Crippen LogP contribution in [0.3, 0.4) is 0 Å². The van der Waals surface area contributed by atoms with E-state index in [1.807, 2.05) is 0 Å². The molecule has 7 nitrogen and oxygen atoms in total. The van der Waals surface area contributed by atoms with Gasteiger partial charge in [0.05, 0.1) is 21.2 Å². The van der Waals surface area contributed by atoms with Gasteiger partial charge in [0.2, 0.25) is 11.0 Å². The molecule has 10 heteroatoms. The molecule has 1 N–H and O–H groups in total. The average Bonchev–Trinajstić information content (AvgIpc) is 3.07. The molecular formula is C16H14Cl2N4O3S. The van der Waals surface area contributed by atoms with Crippen LogP contribution >= 0.6 is 34.5 Å². The lowest BCUT2D eigenvalue weighted by Crippen LogP contribution is -2.37. The molecule has 0 unspecified atom stereocenters. The Morgan fingerprint density at radius 3 is 2.27 bits per heavy atom. The lowest BCUT2D eigenvalue weighted by Gasteiger charge is -2.12. The fraction of sp³-hybridized carbons (Fsp3) is 0.312. The molecule has 0 bridgehead atoms. The third kappa shape index (κ3) is 3.72. The SMILES string of the molecule is CC(C)Cc1nnc(NC(=O)CN2C(=O)c3cc(Cl)c(Cl)cc3C2=O)s1. The zero-order valence-corrected chi connectivity index (χ0v) is 16.2. The summed E-state index contributed by atoms with van der Waals surface area (Å²) < 4.78 is 0. The molecule has 0 radical (unpaired) electrons. The predicted molar refractivity (Wildman–Crippen MR) is 98.9 cm³/mol. The van der Waals surface area contributed by atoms with Crippen LogP contribution in [-0.2, 0) is 11.2 Å². The Morgan fingerprint density at radius 2 is 1.73 bits per heavy atom. The molecule has 0 atom stereocenters. The molecule has 0 aliphatic carbocycles. The molecule has 0 saturated heterocycles. The highest BCUT2D eigenvalue weighted by Crippen LogP contribution is 2.31. The summed E-state index contributed by atoms with van der Waals surface area (Å²) in [5.41, 5.74) is 0.264. The van der Waals surface area contributed by atoms with Crippen molar-refractivity contribution in [3.8, 4) is 0 Å². The zero-order chi connectivity index (χ0) is 19.0. The van der Waals surface area contributed by atoms with E-state index in [-0.39, 0.29) is 21.2 Å². The van der Waals surface area contributed by atoms with E-state index in [2.05, 4.69) is 29.4 Å². The number of hydrogen-bond donors (Lipinski definition) is 1. The van der Waals surface area contributed by atoms with Gasteiger partial charge in [-0.15, -0.1) is 10.2 Å². The Balaban J connectivity index is 1.69. The maximum atomic E-state index is 12.4. The molecule has 1 aliphatic rings.